The van der Waals surface area contributed by atoms with Crippen molar-refractivity contribution >= 4 is 15.9 Å². The molecule has 0 bridgehead atoms. The molecule has 0 saturated heterocycles. The molecule has 1 aromatic rings. The van der Waals surface area contributed by atoms with Gasteiger partial charge in [0.2, 0.25) is 0 Å². The zero-order valence-electron chi connectivity index (χ0n) is 6.88. The third kappa shape index (κ3) is 2.64. The molecular formula is C8H3BrF6. The van der Waals surface area contributed by atoms with Gasteiger partial charge in [-0.1, -0.05) is 15.9 Å². The van der Waals surface area contributed by atoms with Crippen molar-refractivity contribution < 1.29 is 26.3 Å². The van der Waals surface area contributed by atoms with Crippen molar-refractivity contribution in [2.45, 2.75) is 11.0 Å². The summed E-state index contributed by atoms with van der Waals surface area (Å²) in [6.07, 6.45) is -4.70. The fourth-order valence-electron chi connectivity index (χ4n) is 0.910. The molecule has 1 atom stereocenters. The van der Waals surface area contributed by atoms with Crippen LogP contribution in [0.15, 0.2) is 12.1 Å². The van der Waals surface area contributed by atoms with E-state index in [1.165, 1.54) is 0 Å². The third-order valence-electron chi connectivity index (χ3n) is 1.59. The highest BCUT2D eigenvalue weighted by Crippen LogP contribution is 2.40. The van der Waals surface area contributed by atoms with Crippen LogP contribution in [0.3, 0.4) is 0 Å². The van der Waals surface area contributed by atoms with Gasteiger partial charge in [-0.2, -0.15) is 13.2 Å². The molecule has 84 valence electrons. The molecule has 7 heteroatoms. The van der Waals surface area contributed by atoms with Crippen LogP contribution < -0.4 is 0 Å². The molecule has 0 nitrogen and oxygen atoms in total. The van der Waals surface area contributed by atoms with Crippen molar-refractivity contribution in [3.05, 3.63) is 35.1 Å². The van der Waals surface area contributed by atoms with Crippen LogP contribution in [-0.4, -0.2) is 6.18 Å². The fraction of sp³-hybridized carbons (Fsp3) is 0.250. The van der Waals surface area contributed by atoms with Gasteiger partial charge in [-0.15, -0.1) is 0 Å². The Morgan fingerprint density at radius 3 is 1.73 bits per heavy atom. The largest absolute Gasteiger partial charge is 0.405 e. The minimum Gasteiger partial charge on any atom is -0.204 e. The van der Waals surface area contributed by atoms with Crippen molar-refractivity contribution in [2.75, 3.05) is 0 Å². The van der Waals surface area contributed by atoms with E-state index in [0.29, 0.717) is 12.1 Å². The Hall–Kier alpha value is -0.720. The minimum atomic E-state index is -4.70. The van der Waals surface area contributed by atoms with E-state index in [1.807, 2.05) is 0 Å². The van der Waals surface area contributed by atoms with Crippen LogP contribution in [0.4, 0.5) is 26.3 Å². The van der Waals surface area contributed by atoms with Crippen LogP contribution in [0.5, 0.6) is 0 Å². The molecule has 0 unspecified atom stereocenters. The SMILES string of the molecule is Fc1cc([C@@H](Br)C(F)(F)F)cc(F)c1F. The lowest BCUT2D eigenvalue weighted by molar-refractivity contribution is -0.128. The molecule has 0 fully saturated rings. The Balaban J connectivity index is 3.17. The van der Waals surface area contributed by atoms with E-state index in [1.54, 1.807) is 0 Å². The lowest BCUT2D eigenvalue weighted by Crippen LogP contribution is -2.16. The summed E-state index contributed by atoms with van der Waals surface area (Å²) in [6.45, 7) is 0. The topological polar surface area (TPSA) is 0 Å². The summed E-state index contributed by atoms with van der Waals surface area (Å²) < 4.78 is 73.9. The van der Waals surface area contributed by atoms with Gasteiger partial charge in [-0.05, 0) is 17.7 Å². The maximum absolute atomic E-state index is 12.6. The van der Waals surface area contributed by atoms with Crippen LogP contribution >= 0.6 is 15.9 Å². The summed E-state index contributed by atoms with van der Waals surface area (Å²) in [4.78, 5) is -2.23. The maximum Gasteiger partial charge on any atom is 0.405 e. The van der Waals surface area contributed by atoms with Crippen molar-refractivity contribution in [3.8, 4) is 0 Å². The second-order valence-electron chi connectivity index (χ2n) is 2.70. The van der Waals surface area contributed by atoms with E-state index in [2.05, 4.69) is 15.9 Å². The molecular weight excluding hydrogens is 290 g/mol. The summed E-state index contributed by atoms with van der Waals surface area (Å²) >= 11 is 2.22. The number of rotatable bonds is 1. The molecule has 0 aliphatic rings. The zero-order valence-corrected chi connectivity index (χ0v) is 8.46. The highest BCUT2D eigenvalue weighted by molar-refractivity contribution is 9.09. The monoisotopic (exact) mass is 292 g/mol. The lowest BCUT2D eigenvalue weighted by atomic mass is 10.1. The lowest BCUT2D eigenvalue weighted by Gasteiger charge is -2.14. The Bertz CT molecular complexity index is 349. The predicted octanol–water partition coefficient (Wildman–Crippen LogP) is 4.10. The van der Waals surface area contributed by atoms with Gasteiger partial charge in [0.05, 0.1) is 0 Å². The van der Waals surface area contributed by atoms with E-state index >= 15 is 0 Å². The van der Waals surface area contributed by atoms with Crippen molar-refractivity contribution in [3.63, 3.8) is 0 Å². The predicted molar refractivity (Wildman–Crippen MR) is 44.0 cm³/mol. The molecule has 15 heavy (non-hydrogen) atoms. The average molecular weight is 293 g/mol. The summed E-state index contributed by atoms with van der Waals surface area (Å²) in [7, 11) is 0. The normalized spacial score (nSPS) is 14.1. The second-order valence-corrected chi connectivity index (χ2v) is 3.62. The Morgan fingerprint density at radius 1 is 1.00 bits per heavy atom. The van der Waals surface area contributed by atoms with Crippen molar-refractivity contribution in [1.29, 1.82) is 0 Å². The van der Waals surface area contributed by atoms with E-state index in [-0.39, 0.29) is 0 Å². The highest BCUT2D eigenvalue weighted by atomic mass is 79.9. The molecule has 0 aromatic heterocycles. The van der Waals surface area contributed by atoms with Crippen molar-refractivity contribution in [1.82, 2.24) is 0 Å². The summed E-state index contributed by atoms with van der Waals surface area (Å²) in [5.74, 6) is -5.10. The number of hydrogen-bond donors (Lipinski definition) is 0. The summed E-state index contributed by atoms with van der Waals surface area (Å²) in [5.41, 5.74) is -0.723. The molecule has 0 radical (unpaired) electrons. The van der Waals surface area contributed by atoms with Gasteiger partial charge in [0.1, 0.15) is 4.83 Å². The van der Waals surface area contributed by atoms with Crippen LogP contribution in [0, 0.1) is 17.5 Å². The summed E-state index contributed by atoms with van der Waals surface area (Å²) in [6, 6.07) is 0.594. The number of alkyl halides is 4. The molecule has 1 aromatic carbocycles. The number of hydrogen-bond acceptors (Lipinski definition) is 0. The van der Waals surface area contributed by atoms with E-state index < -0.39 is 34.0 Å². The van der Waals surface area contributed by atoms with Crippen LogP contribution in [0.1, 0.15) is 10.4 Å². The molecule has 0 aliphatic carbocycles. The van der Waals surface area contributed by atoms with Gasteiger partial charge in [0, 0.05) is 0 Å². The first-order valence-corrected chi connectivity index (χ1v) is 4.50. The van der Waals surface area contributed by atoms with Gasteiger partial charge in [-0.25, -0.2) is 13.2 Å². The van der Waals surface area contributed by atoms with Gasteiger partial charge in [0.25, 0.3) is 0 Å². The molecule has 0 spiro atoms. The van der Waals surface area contributed by atoms with Gasteiger partial charge >= 0.3 is 6.18 Å². The smallest absolute Gasteiger partial charge is 0.204 e. The Labute approximate surface area is 89.0 Å². The molecule has 0 saturated carbocycles. The van der Waals surface area contributed by atoms with Gasteiger partial charge in [0.15, 0.2) is 17.5 Å². The molecule has 0 heterocycles. The fourth-order valence-corrected chi connectivity index (χ4v) is 1.17. The first kappa shape index (κ1) is 12.4. The van der Waals surface area contributed by atoms with Crippen molar-refractivity contribution in [2.24, 2.45) is 0 Å². The first-order valence-electron chi connectivity index (χ1n) is 3.58. The minimum absolute atomic E-state index is 0.297. The standard InChI is InChI=1S/C8H3BrF6/c9-7(8(13,14)15)3-1-4(10)6(12)5(11)2-3/h1-2,7H/t7-/m1/s1. The quantitative estimate of drug-likeness (QED) is 0.415. The van der Waals surface area contributed by atoms with Crippen LogP contribution in [0.25, 0.3) is 0 Å². The molecule has 0 aliphatic heterocycles. The second kappa shape index (κ2) is 4.03. The highest BCUT2D eigenvalue weighted by Gasteiger charge is 2.39. The maximum atomic E-state index is 12.6. The number of benzene rings is 1. The molecule has 0 N–H and O–H groups in total. The van der Waals surface area contributed by atoms with E-state index in [4.69, 9.17) is 0 Å². The average Bonchev–Trinajstić information content (AvgIpc) is 2.10. The Kier molecular flexibility index (Phi) is 3.32. The first-order chi connectivity index (χ1) is 6.73. The molecule has 0 amide bonds. The third-order valence-corrected chi connectivity index (χ3v) is 2.63. The van der Waals surface area contributed by atoms with Gasteiger partial charge in [-0.3, -0.25) is 0 Å². The van der Waals surface area contributed by atoms with Gasteiger partial charge < -0.3 is 0 Å². The van der Waals surface area contributed by atoms with Crippen LogP contribution in [0.2, 0.25) is 0 Å². The molecule has 1 rings (SSSR count). The number of halogens is 7. The zero-order chi connectivity index (χ0) is 11.8. The van der Waals surface area contributed by atoms with E-state index in [0.717, 1.165) is 0 Å². The Morgan fingerprint density at radius 2 is 1.40 bits per heavy atom. The van der Waals surface area contributed by atoms with E-state index in [9.17, 15) is 26.3 Å². The van der Waals surface area contributed by atoms with Crippen LogP contribution in [-0.2, 0) is 0 Å². The summed E-state index contributed by atoms with van der Waals surface area (Å²) in [5, 5.41) is 0.